The van der Waals surface area contributed by atoms with Crippen molar-refractivity contribution in [1.29, 1.82) is 0 Å². The zero-order valence-corrected chi connectivity index (χ0v) is 11.5. The quantitative estimate of drug-likeness (QED) is 0.819. The number of aryl methyl sites for hydroxylation is 1. The summed E-state index contributed by atoms with van der Waals surface area (Å²) in [7, 11) is 0. The van der Waals surface area contributed by atoms with E-state index in [4.69, 9.17) is 16.0 Å². The molecule has 98 valence electrons. The first-order chi connectivity index (χ1) is 8.70. The molecule has 1 N–H and O–H groups in total. The van der Waals surface area contributed by atoms with Gasteiger partial charge in [0, 0.05) is 18.3 Å². The maximum Gasteiger partial charge on any atom is 0.129 e. The van der Waals surface area contributed by atoms with Gasteiger partial charge >= 0.3 is 0 Å². The van der Waals surface area contributed by atoms with Gasteiger partial charge in [-0.25, -0.2) is 0 Å². The maximum atomic E-state index is 5.99. The second-order valence-corrected chi connectivity index (χ2v) is 4.71. The van der Waals surface area contributed by atoms with Crippen molar-refractivity contribution in [3.63, 3.8) is 0 Å². The molecular formula is C13H18ClN3O. The lowest BCUT2D eigenvalue weighted by Gasteiger charge is -2.04. The molecule has 0 aliphatic heterocycles. The van der Waals surface area contributed by atoms with Crippen LogP contribution in [0.1, 0.15) is 30.4 Å². The van der Waals surface area contributed by atoms with Gasteiger partial charge in [-0.15, -0.1) is 0 Å². The van der Waals surface area contributed by atoms with E-state index in [0.29, 0.717) is 11.6 Å². The highest BCUT2D eigenvalue weighted by Crippen LogP contribution is 2.16. The number of nitrogens with zero attached hydrogens (tertiary/aromatic N) is 2. The van der Waals surface area contributed by atoms with Crippen LogP contribution in [-0.4, -0.2) is 16.3 Å². The van der Waals surface area contributed by atoms with E-state index in [-0.39, 0.29) is 0 Å². The molecule has 5 heteroatoms. The van der Waals surface area contributed by atoms with Crippen molar-refractivity contribution in [2.45, 2.75) is 33.4 Å². The van der Waals surface area contributed by atoms with Gasteiger partial charge in [0.2, 0.25) is 0 Å². The van der Waals surface area contributed by atoms with Crippen molar-refractivity contribution in [2.24, 2.45) is 0 Å². The highest BCUT2D eigenvalue weighted by molar-refractivity contribution is 6.31. The average molecular weight is 268 g/mol. The lowest BCUT2D eigenvalue weighted by molar-refractivity contribution is 0.471. The van der Waals surface area contributed by atoms with Gasteiger partial charge in [0.25, 0.3) is 0 Å². The van der Waals surface area contributed by atoms with E-state index in [1.165, 1.54) is 5.56 Å². The van der Waals surface area contributed by atoms with Crippen LogP contribution in [0, 0.1) is 6.92 Å². The molecule has 2 aromatic heterocycles. The van der Waals surface area contributed by atoms with Gasteiger partial charge in [-0.05, 0) is 26.0 Å². The van der Waals surface area contributed by atoms with E-state index in [2.05, 4.69) is 17.3 Å². The Hall–Kier alpha value is -1.26. The first-order valence-corrected chi connectivity index (χ1v) is 6.54. The van der Waals surface area contributed by atoms with Gasteiger partial charge < -0.3 is 9.73 Å². The molecule has 2 aromatic rings. The third kappa shape index (κ3) is 3.15. The third-order valence-corrected chi connectivity index (χ3v) is 3.14. The standard InChI is InChI=1S/C13H18ClN3O/c1-3-5-15-7-11-4-6-18-13(11)9-17-8-12(14)10(2)16-17/h4,6,8,15H,3,5,7,9H2,1-2H3. The second kappa shape index (κ2) is 6.07. The SMILES string of the molecule is CCCNCc1ccoc1Cn1cc(Cl)c(C)n1. The first-order valence-electron chi connectivity index (χ1n) is 6.16. The minimum Gasteiger partial charge on any atom is -0.467 e. The summed E-state index contributed by atoms with van der Waals surface area (Å²) in [6.45, 7) is 6.50. The molecule has 0 unspecified atom stereocenters. The maximum absolute atomic E-state index is 5.99. The van der Waals surface area contributed by atoms with Gasteiger partial charge in [-0.3, -0.25) is 4.68 Å². The molecule has 0 fully saturated rings. The summed E-state index contributed by atoms with van der Waals surface area (Å²) in [5, 5.41) is 8.38. The van der Waals surface area contributed by atoms with E-state index in [0.717, 1.165) is 31.0 Å². The lowest BCUT2D eigenvalue weighted by Crippen LogP contribution is -2.15. The van der Waals surface area contributed by atoms with Crippen molar-refractivity contribution in [2.75, 3.05) is 6.54 Å². The number of aromatic nitrogens is 2. The van der Waals surface area contributed by atoms with Crippen molar-refractivity contribution >= 4 is 11.6 Å². The summed E-state index contributed by atoms with van der Waals surface area (Å²) in [6.07, 6.45) is 4.67. The average Bonchev–Trinajstić information content (AvgIpc) is 2.88. The van der Waals surface area contributed by atoms with Crippen LogP contribution in [0.25, 0.3) is 0 Å². The zero-order valence-electron chi connectivity index (χ0n) is 10.7. The monoisotopic (exact) mass is 267 g/mol. The summed E-state index contributed by atoms with van der Waals surface area (Å²) in [5.74, 6) is 0.928. The summed E-state index contributed by atoms with van der Waals surface area (Å²) in [5.41, 5.74) is 2.02. The summed E-state index contributed by atoms with van der Waals surface area (Å²) in [4.78, 5) is 0. The van der Waals surface area contributed by atoms with E-state index in [1.807, 2.05) is 19.2 Å². The van der Waals surface area contributed by atoms with Crippen LogP contribution in [0.2, 0.25) is 5.02 Å². The third-order valence-electron chi connectivity index (χ3n) is 2.77. The van der Waals surface area contributed by atoms with E-state index >= 15 is 0 Å². The minimum absolute atomic E-state index is 0.615. The number of halogens is 1. The Labute approximate surface area is 112 Å². The highest BCUT2D eigenvalue weighted by Gasteiger charge is 2.09. The summed E-state index contributed by atoms with van der Waals surface area (Å²) >= 11 is 5.99. The predicted octanol–water partition coefficient (Wildman–Crippen LogP) is 2.99. The lowest BCUT2D eigenvalue weighted by atomic mass is 10.2. The van der Waals surface area contributed by atoms with Gasteiger partial charge in [-0.2, -0.15) is 5.10 Å². The number of hydrogen-bond donors (Lipinski definition) is 1. The van der Waals surface area contributed by atoms with Crippen LogP contribution >= 0.6 is 11.6 Å². The molecular weight excluding hydrogens is 250 g/mol. The Balaban J connectivity index is 2.02. The molecule has 0 aliphatic carbocycles. The van der Waals surface area contributed by atoms with Crippen LogP contribution in [0.5, 0.6) is 0 Å². The molecule has 2 heterocycles. The molecule has 0 radical (unpaired) electrons. The van der Waals surface area contributed by atoms with Crippen LogP contribution in [0.3, 0.4) is 0 Å². The fraction of sp³-hybridized carbons (Fsp3) is 0.462. The van der Waals surface area contributed by atoms with Gasteiger partial charge in [-0.1, -0.05) is 18.5 Å². The van der Waals surface area contributed by atoms with E-state index in [9.17, 15) is 0 Å². The topological polar surface area (TPSA) is 43.0 Å². The minimum atomic E-state index is 0.615. The number of nitrogens with one attached hydrogen (secondary N) is 1. The van der Waals surface area contributed by atoms with Gasteiger partial charge in [0.15, 0.2) is 0 Å². The molecule has 0 bridgehead atoms. The molecule has 0 aliphatic rings. The van der Waals surface area contributed by atoms with Crippen molar-refractivity contribution < 1.29 is 4.42 Å². The number of rotatable bonds is 6. The number of hydrogen-bond acceptors (Lipinski definition) is 3. The smallest absolute Gasteiger partial charge is 0.129 e. The van der Waals surface area contributed by atoms with Gasteiger partial charge in [0.1, 0.15) is 5.76 Å². The highest BCUT2D eigenvalue weighted by atomic mass is 35.5. The molecule has 0 aromatic carbocycles. The fourth-order valence-corrected chi connectivity index (χ4v) is 1.94. The van der Waals surface area contributed by atoms with Crippen molar-refractivity contribution in [3.8, 4) is 0 Å². The largest absolute Gasteiger partial charge is 0.467 e. The molecule has 18 heavy (non-hydrogen) atoms. The Morgan fingerprint density at radius 3 is 3.00 bits per heavy atom. The molecule has 0 saturated heterocycles. The van der Waals surface area contributed by atoms with E-state index in [1.54, 1.807) is 10.9 Å². The second-order valence-electron chi connectivity index (χ2n) is 4.31. The molecule has 0 saturated carbocycles. The van der Waals surface area contributed by atoms with Crippen LogP contribution in [-0.2, 0) is 13.1 Å². The molecule has 0 atom stereocenters. The molecule has 2 rings (SSSR count). The van der Waals surface area contributed by atoms with Crippen molar-refractivity contribution in [1.82, 2.24) is 15.1 Å². The first kappa shape index (κ1) is 13.2. The normalized spacial score (nSPS) is 11.1. The predicted molar refractivity (Wildman–Crippen MR) is 71.8 cm³/mol. The Kier molecular flexibility index (Phi) is 4.44. The van der Waals surface area contributed by atoms with Crippen molar-refractivity contribution in [3.05, 3.63) is 40.6 Å². The fourth-order valence-electron chi connectivity index (χ4n) is 1.78. The molecule has 0 spiro atoms. The van der Waals surface area contributed by atoms with Crippen LogP contribution in [0.4, 0.5) is 0 Å². The zero-order chi connectivity index (χ0) is 13.0. The van der Waals surface area contributed by atoms with Crippen LogP contribution in [0.15, 0.2) is 22.9 Å². The molecule has 4 nitrogen and oxygen atoms in total. The molecule has 0 amide bonds. The Morgan fingerprint density at radius 2 is 2.33 bits per heavy atom. The summed E-state index contributed by atoms with van der Waals surface area (Å²) < 4.78 is 7.31. The van der Waals surface area contributed by atoms with Gasteiger partial charge in [0.05, 0.1) is 23.5 Å². The van der Waals surface area contributed by atoms with Crippen LogP contribution < -0.4 is 5.32 Å². The van der Waals surface area contributed by atoms with E-state index < -0.39 is 0 Å². The summed E-state index contributed by atoms with van der Waals surface area (Å²) in [6, 6.07) is 2.00. The Morgan fingerprint density at radius 1 is 1.50 bits per heavy atom. The Bertz CT molecular complexity index is 485. The number of furan rings is 1.